The number of hydrogen-bond acceptors (Lipinski definition) is 4. The highest BCUT2D eigenvalue weighted by molar-refractivity contribution is 6.29. The zero-order chi connectivity index (χ0) is 11.3. The first-order valence-corrected chi connectivity index (χ1v) is 5.30. The molecule has 1 aromatic heterocycles. The van der Waals surface area contributed by atoms with Crippen LogP contribution in [0.3, 0.4) is 0 Å². The van der Waals surface area contributed by atoms with Crippen LogP contribution < -0.4 is 16.0 Å². The monoisotopic (exact) mass is 228 g/mol. The SMILES string of the molecule is CNCCCN(C)c1nc(Cl)ccc1N. The maximum atomic E-state index is 5.82. The number of nitrogens with two attached hydrogens (primary N) is 1. The molecule has 0 spiro atoms. The number of nitrogens with one attached hydrogen (secondary N) is 1. The van der Waals surface area contributed by atoms with Crippen molar-refractivity contribution in [2.75, 3.05) is 37.8 Å². The fourth-order valence-electron chi connectivity index (χ4n) is 1.34. The molecule has 3 N–H and O–H groups in total. The quantitative estimate of drug-likeness (QED) is 0.590. The van der Waals surface area contributed by atoms with Crippen LogP contribution in [0.1, 0.15) is 6.42 Å². The Kier molecular flexibility index (Phi) is 4.65. The van der Waals surface area contributed by atoms with Crippen molar-refractivity contribution in [1.29, 1.82) is 0 Å². The lowest BCUT2D eigenvalue weighted by molar-refractivity contribution is 0.709. The van der Waals surface area contributed by atoms with E-state index in [4.69, 9.17) is 17.3 Å². The average molecular weight is 229 g/mol. The van der Waals surface area contributed by atoms with E-state index in [2.05, 4.69) is 10.3 Å². The molecule has 1 aromatic rings. The van der Waals surface area contributed by atoms with Gasteiger partial charge in [0.15, 0.2) is 5.82 Å². The van der Waals surface area contributed by atoms with Crippen LogP contribution in [0.25, 0.3) is 0 Å². The summed E-state index contributed by atoms with van der Waals surface area (Å²) >= 11 is 5.82. The van der Waals surface area contributed by atoms with Gasteiger partial charge in [-0.1, -0.05) is 11.6 Å². The van der Waals surface area contributed by atoms with Crippen molar-refractivity contribution in [2.45, 2.75) is 6.42 Å². The van der Waals surface area contributed by atoms with Crippen LogP contribution in [0, 0.1) is 0 Å². The molecule has 0 bridgehead atoms. The molecule has 0 unspecified atom stereocenters. The third kappa shape index (κ3) is 3.57. The van der Waals surface area contributed by atoms with E-state index in [-0.39, 0.29) is 0 Å². The van der Waals surface area contributed by atoms with Crippen molar-refractivity contribution in [1.82, 2.24) is 10.3 Å². The van der Waals surface area contributed by atoms with Crippen molar-refractivity contribution in [3.63, 3.8) is 0 Å². The molecule has 0 amide bonds. The number of halogens is 1. The lowest BCUT2D eigenvalue weighted by atomic mass is 10.3. The summed E-state index contributed by atoms with van der Waals surface area (Å²) in [5.41, 5.74) is 6.47. The summed E-state index contributed by atoms with van der Waals surface area (Å²) in [6, 6.07) is 3.47. The molecular formula is C10H17ClN4. The summed E-state index contributed by atoms with van der Waals surface area (Å²) in [6.07, 6.45) is 1.04. The van der Waals surface area contributed by atoms with Crippen LogP contribution >= 0.6 is 11.6 Å². The van der Waals surface area contributed by atoms with Gasteiger partial charge in [0.25, 0.3) is 0 Å². The lowest BCUT2D eigenvalue weighted by Crippen LogP contribution is -2.24. The lowest BCUT2D eigenvalue weighted by Gasteiger charge is -2.19. The summed E-state index contributed by atoms with van der Waals surface area (Å²) < 4.78 is 0. The number of nitrogens with zero attached hydrogens (tertiary/aromatic N) is 2. The Morgan fingerprint density at radius 2 is 2.27 bits per heavy atom. The van der Waals surface area contributed by atoms with E-state index >= 15 is 0 Å². The largest absolute Gasteiger partial charge is 0.396 e. The number of rotatable bonds is 5. The van der Waals surface area contributed by atoms with E-state index in [0.29, 0.717) is 10.8 Å². The van der Waals surface area contributed by atoms with Gasteiger partial charge in [-0.05, 0) is 32.1 Å². The highest BCUT2D eigenvalue weighted by Crippen LogP contribution is 2.21. The van der Waals surface area contributed by atoms with Gasteiger partial charge in [-0.15, -0.1) is 0 Å². The van der Waals surface area contributed by atoms with Crippen molar-refractivity contribution in [2.24, 2.45) is 0 Å². The van der Waals surface area contributed by atoms with Gasteiger partial charge in [0.1, 0.15) is 5.15 Å². The van der Waals surface area contributed by atoms with Gasteiger partial charge in [-0.25, -0.2) is 4.98 Å². The summed E-state index contributed by atoms with van der Waals surface area (Å²) in [7, 11) is 3.90. The van der Waals surface area contributed by atoms with E-state index < -0.39 is 0 Å². The molecule has 5 heteroatoms. The Morgan fingerprint density at radius 1 is 1.53 bits per heavy atom. The molecule has 0 aliphatic rings. The second-order valence-electron chi connectivity index (χ2n) is 3.43. The van der Waals surface area contributed by atoms with Gasteiger partial charge >= 0.3 is 0 Å². The minimum Gasteiger partial charge on any atom is -0.396 e. The molecule has 1 rings (SSSR count). The predicted molar refractivity (Wildman–Crippen MR) is 65.5 cm³/mol. The molecule has 1 heterocycles. The van der Waals surface area contributed by atoms with E-state index in [0.717, 1.165) is 25.3 Å². The van der Waals surface area contributed by atoms with E-state index in [9.17, 15) is 0 Å². The molecule has 0 saturated heterocycles. The number of anilines is 2. The second kappa shape index (κ2) is 5.78. The van der Waals surface area contributed by atoms with E-state index in [1.54, 1.807) is 12.1 Å². The topological polar surface area (TPSA) is 54.2 Å². The minimum absolute atomic E-state index is 0.472. The van der Waals surface area contributed by atoms with Crippen LogP contribution in [-0.2, 0) is 0 Å². The van der Waals surface area contributed by atoms with E-state index in [1.807, 2.05) is 19.0 Å². The third-order valence-electron chi connectivity index (χ3n) is 2.15. The normalized spacial score (nSPS) is 10.3. The Balaban J connectivity index is 2.64. The third-order valence-corrected chi connectivity index (χ3v) is 2.36. The fraction of sp³-hybridized carbons (Fsp3) is 0.500. The Labute approximate surface area is 95.4 Å². The van der Waals surface area contributed by atoms with Gasteiger partial charge in [-0.2, -0.15) is 0 Å². The highest BCUT2D eigenvalue weighted by Gasteiger charge is 2.06. The number of nitrogen functional groups attached to an aromatic ring is 1. The van der Waals surface area contributed by atoms with Gasteiger partial charge in [-0.3, -0.25) is 0 Å². The van der Waals surface area contributed by atoms with Crippen molar-refractivity contribution < 1.29 is 0 Å². The zero-order valence-corrected chi connectivity index (χ0v) is 9.88. The van der Waals surface area contributed by atoms with Crippen molar-refractivity contribution in [3.05, 3.63) is 17.3 Å². The first-order chi connectivity index (χ1) is 7.15. The molecular weight excluding hydrogens is 212 g/mol. The second-order valence-corrected chi connectivity index (χ2v) is 3.81. The molecule has 15 heavy (non-hydrogen) atoms. The number of pyridine rings is 1. The fourth-order valence-corrected chi connectivity index (χ4v) is 1.48. The maximum Gasteiger partial charge on any atom is 0.153 e. The standard InChI is InChI=1S/C10H17ClN4/c1-13-6-3-7-15(2)10-8(12)4-5-9(11)14-10/h4-5,13H,3,6-7,12H2,1-2H3. The molecule has 0 aliphatic heterocycles. The summed E-state index contributed by atoms with van der Waals surface area (Å²) in [4.78, 5) is 6.21. The van der Waals surface area contributed by atoms with Crippen LogP contribution in [-0.4, -0.2) is 32.2 Å². The molecule has 0 aliphatic carbocycles. The van der Waals surface area contributed by atoms with Gasteiger partial charge < -0.3 is 16.0 Å². The maximum absolute atomic E-state index is 5.82. The molecule has 0 atom stereocenters. The summed E-state index contributed by atoms with van der Waals surface area (Å²) in [6.45, 7) is 1.88. The summed E-state index contributed by atoms with van der Waals surface area (Å²) in [5.74, 6) is 0.749. The average Bonchev–Trinajstić information content (AvgIpc) is 2.22. The molecule has 0 saturated carbocycles. The number of hydrogen-bond donors (Lipinski definition) is 2. The predicted octanol–water partition coefficient (Wildman–Crippen LogP) is 1.36. The Hall–Kier alpha value is -1.00. The smallest absolute Gasteiger partial charge is 0.153 e. The number of aromatic nitrogens is 1. The van der Waals surface area contributed by atoms with Crippen LogP contribution in [0.4, 0.5) is 11.5 Å². The van der Waals surface area contributed by atoms with Gasteiger partial charge in [0.2, 0.25) is 0 Å². The van der Waals surface area contributed by atoms with Crippen LogP contribution in [0.5, 0.6) is 0 Å². The van der Waals surface area contributed by atoms with Crippen molar-refractivity contribution >= 4 is 23.1 Å². The zero-order valence-electron chi connectivity index (χ0n) is 9.13. The molecule has 0 fully saturated rings. The molecule has 84 valence electrons. The molecule has 4 nitrogen and oxygen atoms in total. The van der Waals surface area contributed by atoms with Crippen LogP contribution in [0.15, 0.2) is 12.1 Å². The van der Waals surface area contributed by atoms with Crippen molar-refractivity contribution in [3.8, 4) is 0 Å². The van der Waals surface area contributed by atoms with E-state index in [1.165, 1.54) is 0 Å². The molecule has 0 aromatic carbocycles. The highest BCUT2D eigenvalue weighted by atomic mass is 35.5. The summed E-state index contributed by atoms with van der Waals surface area (Å²) in [5, 5.41) is 3.57. The molecule has 0 radical (unpaired) electrons. The minimum atomic E-state index is 0.472. The van der Waals surface area contributed by atoms with Gasteiger partial charge in [0, 0.05) is 13.6 Å². The Morgan fingerprint density at radius 3 is 2.93 bits per heavy atom. The first-order valence-electron chi connectivity index (χ1n) is 4.93. The Bertz CT molecular complexity index is 316. The first kappa shape index (κ1) is 12.1. The van der Waals surface area contributed by atoms with Gasteiger partial charge in [0.05, 0.1) is 5.69 Å². The van der Waals surface area contributed by atoms with Crippen LogP contribution in [0.2, 0.25) is 5.15 Å².